The van der Waals surface area contributed by atoms with Crippen molar-refractivity contribution in [3.63, 3.8) is 0 Å². The molecule has 0 spiro atoms. The third kappa shape index (κ3) is 5.18. The molecule has 4 N–H and O–H groups in total. The van der Waals surface area contributed by atoms with Crippen LogP contribution >= 0.6 is 0 Å². The summed E-state index contributed by atoms with van der Waals surface area (Å²) in [6.07, 6.45) is 3.31. The summed E-state index contributed by atoms with van der Waals surface area (Å²) >= 11 is 0. The van der Waals surface area contributed by atoms with Crippen molar-refractivity contribution >= 4 is 23.4 Å². The van der Waals surface area contributed by atoms with Gasteiger partial charge in [-0.3, -0.25) is 4.79 Å². The number of rotatable bonds is 10. The molecule has 2 aromatic carbocycles. The monoisotopic (exact) mass is 461 g/mol. The van der Waals surface area contributed by atoms with Crippen LogP contribution in [0.15, 0.2) is 53.8 Å². The first-order chi connectivity index (χ1) is 16.4. The summed E-state index contributed by atoms with van der Waals surface area (Å²) in [7, 11) is 3.45. The van der Waals surface area contributed by atoms with E-state index in [0.29, 0.717) is 47.9 Å². The first-order valence-electron chi connectivity index (χ1n) is 11.1. The second-order valence-corrected chi connectivity index (χ2v) is 7.85. The van der Waals surface area contributed by atoms with Gasteiger partial charge in [0.1, 0.15) is 11.4 Å². The number of ether oxygens (including phenoxy) is 1. The van der Waals surface area contributed by atoms with Crippen molar-refractivity contribution in [1.82, 2.24) is 15.2 Å². The molecule has 0 saturated carbocycles. The summed E-state index contributed by atoms with van der Waals surface area (Å²) in [6.45, 7) is 5.70. The van der Waals surface area contributed by atoms with E-state index in [4.69, 9.17) is 10.5 Å². The molecule has 0 aliphatic rings. The highest BCUT2D eigenvalue weighted by Gasteiger charge is 2.20. The normalized spacial score (nSPS) is 11.4. The maximum Gasteiger partial charge on any atom is 0.255 e. The molecule has 0 fully saturated rings. The largest absolute Gasteiger partial charge is 0.497 e. The number of carbonyl (C=O) groups is 1. The van der Waals surface area contributed by atoms with E-state index >= 15 is 0 Å². The number of nitroso groups, excluding NO2 is 1. The molecule has 8 nitrogen and oxygen atoms in total. The smallest absolute Gasteiger partial charge is 0.255 e. The number of H-pyrrole nitrogens is 1. The summed E-state index contributed by atoms with van der Waals surface area (Å²) < 4.78 is 5.35. The average molecular weight is 462 g/mol. The van der Waals surface area contributed by atoms with Crippen LogP contribution in [0, 0.1) is 11.8 Å². The average Bonchev–Trinajstić information content (AvgIpc) is 3.22. The van der Waals surface area contributed by atoms with Crippen LogP contribution in [-0.2, 0) is 0 Å². The quantitative estimate of drug-likeness (QED) is 0.303. The molecular weight excluding hydrogens is 430 g/mol. The highest BCUT2D eigenvalue weighted by Crippen LogP contribution is 2.36. The van der Waals surface area contributed by atoms with E-state index in [1.54, 1.807) is 30.3 Å². The number of hydrogen-bond donors (Lipinski definition) is 3. The molecule has 0 unspecified atom stereocenters. The summed E-state index contributed by atoms with van der Waals surface area (Å²) in [5, 5.41) is 6.37. The van der Waals surface area contributed by atoms with Crippen LogP contribution in [0.1, 0.15) is 34.1 Å². The van der Waals surface area contributed by atoms with E-state index in [2.05, 4.69) is 15.5 Å². The molecule has 8 heteroatoms. The minimum Gasteiger partial charge on any atom is -0.497 e. The lowest BCUT2D eigenvalue weighted by molar-refractivity contribution is 0.0766. The fourth-order valence-electron chi connectivity index (χ4n) is 3.87. The first kappa shape index (κ1) is 24.7. The van der Waals surface area contributed by atoms with Crippen molar-refractivity contribution in [2.75, 3.05) is 39.5 Å². The number of nitrogen functional groups attached to an aromatic ring is 1. The maximum absolute atomic E-state index is 13.0. The number of likely N-dealkylation sites (N-methyl/N-ethyl adjacent to an activating group) is 2. The molecule has 1 heterocycles. The van der Waals surface area contributed by atoms with E-state index in [0.717, 1.165) is 16.7 Å². The number of amides is 1. The van der Waals surface area contributed by atoms with Gasteiger partial charge in [-0.15, -0.1) is 4.91 Å². The molecule has 0 radical (unpaired) electrons. The van der Waals surface area contributed by atoms with Gasteiger partial charge in [-0.25, -0.2) is 0 Å². The Balaban J connectivity index is 2.05. The van der Waals surface area contributed by atoms with Gasteiger partial charge in [0.15, 0.2) is 0 Å². The van der Waals surface area contributed by atoms with Crippen molar-refractivity contribution in [3.05, 3.63) is 76.0 Å². The molecule has 3 aromatic rings. The van der Waals surface area contributed by atoms with Crippen LogP contribution in [0.25, 0.3) is 22.9 Å². The van der Waals surface area contributed by atoms with Gasteiger partial charge >= 0.3 is 0 Å². The number of nitrogens with zero attached hydrogens (tertiary/aromatic N) is 2. The Labute approximate surface area is 199 Å². The molecule has 0 aliphatic carbocycles. The predicted molar refractivity (Wildman–Crippen MR) is 138 cm³/mol. The fraction of sp³-hybridized carbons (Fsp3) is 0.269. The van der Waals surface area contributed by atoms with Gasteiger partial charge in [0.25, 0.3) is 5.91 Å². The zero-order valence-electron chi connectivity index (χ0n) is 20.0. The molecule has 178 valence electrons. The van der Waals surface area contributed by atoms with Crippen LogP contribution in [-0.4, -0.2) is 49.6 Å². The number of benzene rings is 2. The van der Waals surface area contributed by atoms with E-state index in [9.17, 15) is 9.70 Å². The van der Waals surface area contributed by atoms with E-state index in [1.807, 2.05) is 57.3 Å². The van der Waals surface area contributed by atoms with Crippen molar-refractivity contribution in [1.29, 1.82) is 0 Å². The van der Waals surface area contributed by atoms with Crippen molar-refractivity contribution < 1.29 is 9.53 Å². The van der Waals surface area contributed by atoms with Crippen LogP contribution in [0.4, 0.5) is 5.69 Å². The van der Waals surface area contributed by atoms with Crippen LogP contribution < -0.4 is 15.8 Å². The van der Waals surface area contributed by atoms with Gasteiger partial charge in [-0.05, 0) is 67.0 Å². The van der Waals surface area contributed by atoms with E-state index < -0.39 is 0 Å². The van der Waals surface area contributed by atoms with Crippen LogP contribution in [0.5, 0.6) is 5.75 Å². The summed E-state index contributed by atoms with van der Waals surface area (Å²) in [5.74, 6) is 0.626. The van der Waals surface area contributed by atoms with Crippen molar-refractivity contribution in [2.45, 2.75) is 13.8 Å². The molecule has 0 aliphatic heterocycles. The number of nitrogens with one attached hydrogen (secondary N) is 2. The number of aromatic amines is 1. The summed E-state index contributed by atoms with van der Waals surface area (Å²) in [4.78, 5) is 29.9. The second kappa shape index (κ2) is 11.3. The highest BCUT2D eigenvalue weighted by atomic mass is 16.5. The highest BCUT2D eigenvalue weighted by molar-refractivity contribution is 5.98. The molecule has 0 atom stereocenters. The van der Waals surface area contributed by atoms with Gasteiger partial charge in [-0.1, -0.05) is 24.3 Å². The Morgan fingerprint density at radius 1 is 1.26 bits per heavy atom. The standard InChI is InChI=1S/C26H31N5O3/c1-5-31(13-12-28-3)26(32)21-16-29-23(17(21)2)15-24(30-33)25-20(10-7-11-22(25)27)18-8-6-9-19(14-18)34-4/h6-11,14-16,28-29H,5,12-13,27H2,1-4H3/b24-15-. The lowest BCUT2D eigenvalue weighted by atomic mass is 9.95. The predicted octanol–water partition coefficient (Wildman–Crippen LogP) is 4.53. The molecule has 0 bridgehead atoms. The molecular formula is C26H31N5O3. The van der Waals surface area contributed by atoms with Crippen molar-refractivity contribution in [2.24, 2.45) is 5.18 Å². The third-order valence-electron chi connectivity index (χ3n) is 5.82. The number of aromatic nitrogens is 1. The van der Waals surface area contributed by atoms with Crippen LogP contribution in [0.2, 0.25) is 0 Å². The number of hydrogen-bond acceptors (Lipinski definition) is 6. The number of nitrogens with two attached hydrogens (primary N) is 1. The SMILES string of the molecule is CCN(CCNC)C(=O)c1c[nH]c(/C=C(\N=O)c2c(N)cccc2-c2cccc(OC)c2)c1C. The molecule has 34 heavy (non-hydrogen) atoms. The van der Waals surface area contributed by atoms with E-state index in [1.165, 1.54) is 0 Å². The second-order valence-electron chi connectivity index (χ2n) is 7.85. The first-order valence-corrected chi connectivity index (χ1v) is 11.1. The van der Waals surface area contributed by atoms with Gasteiger partial charge < -0.3 is 25.7 Å². The number of methoxy groups -OCH3 is 1. The third-order valence-corrected chi connectivity index (χ3v) is 5.82. The minimum atomic E-state index is -0.0666. The zero-order chi connectivity index (χ0) is 24.7. The number of carbonyl (C=O) groups excluding carboxylic acids is 1. The molecule has 1 amide bonds. The molecule has 0 saturated heterocycles. The Bertz CT molecular complexity index is 1200. The molecule has 3 rings (SSSR count). The van der Waals surface area contributed by atoms with Gasteiger partial charge in [-0.2, -0.15) is 0 Å². The minimum absolute atomic E-state index is 0.0666. The lowest BCUT2D eigenvalue weighted by Gasteiger charge is -2.20. The number of anilines is 1. The van der Waals surface area contributed by atoms with Gasteiger partial charge in [0.05, 0.1) is 12.7 Å². The Hall–Kier alpha value is -3.91. The van der Waals surface area contributed by atoms with Crippen molar-refractivity contribution in [3.8, 4) is 16.9 Å². The Morgan fingerprint density at radius 2 is 2.03 bits per heavy atom. The zero-order valence-corrected chi connectivity index (χ0v) is 20.0. The topological polar surface area (TPSA) is 113 Å². The van der Waals surface area contributed by atoms with Crippen LogP contribution in [0.3, 0.4) is 0 Å². The molecule has 1 aromatic heterocycles. The van der Waals surface area contributed by atoms with Gasteiger partial charge in [0, 0.05) is 42.8 Å². The summed E-state index contributed by atoms with van der Waals surface area (Å²) in [5.41, 5.74) is 11.0. The fourth-order valence-corrected chi connectivity index (χ4v) is 3.87. The summed E-state index contributed by atoms with van der Waals surface area (Å²) in [6, 6.07) is 13.0. The van der Waals surface area contributed by atoms with E-state index in [-0.39, 0.29) is 11.6 Å². The van der Waals surface area contributed by atoms with Gasteiger partial charge in [0.2, 0.25) is 0 Å². The Kier molecular flexibility index (Phi) is 8.21. The Morgan fingerprint density at radius 3 is 2.71 bits per heavy atom. The maximum atomic E-state index is 13.0. The lowest BCUT2D eigenvalue weighted by Crippen LogP contribution is -2.36.